The Labute approximate surface area is 103 Å². The molecule has 0 aliphatic carbocycles. The number of halogens is 2. The topological polar surface area (TPSA) is 0 Å². The molecule has 0 N–H and O–H groups in total. The van der Waals surface area contributed by atoms with Gasteiger partial charge in [0.1, 0.15) is 0 Å². The van der Waals surface area contributed by atoms with E-state index in [0.29, 0.717) is 0 Å². The molecule has 0 aliphatic rings. The summed E-state index contributed by atoms with van der Waals surface area (Å²) in [4.78, 5) is 0. The predicted octanol–water partition coefficient (Wildman–Crippen LogP) is 4.66. The van der Waals surface area contributed by atoms with E-state index in [0.717, 1.165) is 23.6 Å². The van der Waals surface area contributed by atoms with Crippen LogP contribution in [0, 0.1) is 11.8 Å². The average molecular weight is 320 g/mol. The molecular formula is C12H16Br2. The van der Waals surface area contributed by atoms with Crippen LogP contribution in [0.15, 0.2) is 28.7 Å². The first-order valence-corrected chi connectivity index (χ1v) is 6.85. The molecule has 0 heterocycles. The van der Waals surface area contributed by atoms with Crippen molar-refractivity contribution < 1.29 is 0 Å². The van der Waals surface area contributed by atoms with Crippen LogP contribution in [0.1, 0.15) is 19.4 Å². The van der Waals surface area contributed by atoms with Crippen LogP contribution in [-0.2, 0) is 6.42 Å². The SMILES string of the molecule is CC(C)C(CBr)Cc1cccc(Br)c1. The van der Waals surface area contributed by atoms with Gasteiger partial charge < -0.3 is 0 Å². The molecule has 0 aromatic heterocycles. The third-order valence-electron chi connectivity index (χ3n) is 2.53. The maximum atomic E-state index is 3.58. The molecule has 0 amide bonds. The first-order chi connectivity index (χ1) is 6.63. The summed E-state index contributed by atoms with van der Waals surface area (Å²) in [6, 6.07) is 8.58. The molecule has 0 spiro atoms. The molecule has 14 heavy (non-hydrogen) atoms. The molecule has 1 aromatic rings. The molecule has 0 bridgehead atoms. The predicted molar refractivity (Wildman–Crippen MR) is 70.0 cm³/mol. The molecule has 1 unspecified atom stereocenters. The van der Waals surface area contributed by atoms with Crippen LogP contribution in [0.4, 0.5) is 0 Å². The summed E-state index contributed by atoms with van der Waals surface area (Å²) < 4.78 is 1.17. The fraction of sp³-hybridized carbons (Fsp3) is 0.500. The Hall–Kier alpha value is 0.180. The van der Waals surface area contributed by atoms with E-state index in [9.17, 15) is 0 Å². The van der Waals surface area contributed by atoms with Crippen LogP contribution in [0.2, 0.25) is 0 Å². The fourth-order valence-corrected chi connectivity index (χ4v) is 2.86. The minimum Gasteiger partial charge on any atom is -0.0925 e. The van der Waals surface area contributed by atoms with E-state index in [-0.39, 0.29) is 0 Å². The second-order valence-corrected chi connectivity index (χ2v) is 5.56. The number of hydrogen-bond acceptors (Lipinski definition) is 0. The van der Waals surface area contributed by atoms with Gasteiger partial charge in [0, 0.05) is 9.80 Å². The molecule has 0 saturated carbocycles. The Morgan fingerprint density at radius 1 is 1.29 bits per heavy atom. The monoisotopic (exact) mass is 318 g/mol. The second-order valence-electron chi connectivity index (χ2n) is 3.99. The van der Waals surface area contributed by atoms with Crippen LogP contribution >= 0.6 is 31.9 Å². The van der Waals surface area contributed by atoms with Crippen LogP contribution in [0.5, 0.6) is 0 Å². The summed E-state index contributed by atoms with van der Waals surface area (Å²) in [5, 5.41) is 1.08. The lowest BCUT2D eigenvalue weighted by molar-refractivity contribution is 0.427. The number of alkyl halides is 1. The van der Waals surface area contributed by atoms with Gasteiger partial charge >= 0.3 is 0 Å². The average Bonchev–Trinajstić information content (AvgIpc) is 2.14. The van der Waals surface area contributed by atoms with E-state index < -0.39 is 0 Å². The molecule has 0 radical (unpaired) electrons. The summed E-state index contributed by atoms with van der Waals surface area (Å²) in [5.41, 5.74) is 1.41. The Morgan fingerprint density at radius 3 is 2.50 bits per heavy atom. The molecule has 0 saturated heterocycles. The third-order valence-corrected chi connectivity index (χ3v) is 3.85. The van der Waals surface area contributed by atoms with Gasteiger partial charge in [-0.3, -0.25) is 0 Å². The lowest BCUT2D eigenvalue weighted by Crippen LogP contribution is -2.13. The minimum absolute atomic E-state index is 0.726. The van der Waals surface area contributed by atoms with Gasteiger partial charge in [0.2, 0.25) is 0 Å². The van der Waals surface area contributed by atoms with Gasteiger partial charge in [-0.2, -0.15) is 0 Å². The molecule has 78 valence electrons. The molecule has 0 aliphatic heterocycles. The molecule has 0 nitrogen and oxygen atoms in total. The molecule has 0 fully saturated rings. The summed E-state index contributed by atoms with van der Waals surface area (Å²) in [6.07, 6.45) is 1.16. The molecule has 1 rings (SSSR count). The Kier molecular flexibility index (Phi) is 5.18. The number of hydrogen-bond donors (Lipinski definition) is 0. The van der Waals surface area contributed by atoms with Gasteiger partial charge in [-0.05, 0) is 36.0 Å². The number of benzene rings is 1. The quantitative estimate of drug-likeness (QED) is 0.708. The van der Waals surface area contributed by atoms with Crippen molar-refractivity contribution >= 4 is 31.9 Å². The fourth-order valence-electron chi connectivity index (χ4n) is 1.44. The van der Waals surface area contributed by atoms with Crippen LogP contribution in [0.25, 0.3) is 0 Å². The van der Waals surface area contributed by atoms with Crippen molar-refractivity contribution in [3.05, 3.63) is 34.3 Å². The third kappa shape index (κ3) is 3.74. The zero-order valence-corrected chi connectivity index (χ0v) is 11.8. The highest BCUT2D eigenvalue weighted by atomic mass is 79.9. The van der Waals surface area contributed by atoms with Crippen molar-refractivity contribution in [1.29, 1.82) is 0 Å². The second kappa shape index (κ2) is 5.92. The van der Waals surface area contributed by atoms with Gasteiger partial charge in [0.15, 0.2) is 0 Å². The number of rotatable bonds is 4. The van der Waals surface area contributed by atoms with Crippen LogP contribution < -0.4 is 0 Å². The van der Waals surface area contributed by atoms with Crippen molar-refractivity contribution in [1.82, 2.24) is 0 Å². The van der Waals surface area contributed by atoms with Gasteiger partial charge in [-0.25, -0.2) is 0 Å². The van der Waals surface area contributed by atoms with Crippen LogP contribution in [-0.4, -0.2) is 5.33 Å². The normalized spacial score (nSPS) is 13.2. The molecule has 1 aromatic carbocycles. The summed E-state index contributed by atoms with van der Waals surface area (Å²) in [5.74, 6) is 1.46. The highest BCUT2D eigenvalue weighted by Gasteiger charge is 2.12. The van der Waals surface area contributed by atoms with Gasteiger partial charge in [0.05, 0.1) is 0 Å². The van der Waals surface area contributed by atoms with E-state index in [1.54, 1.807) is 0 Å². The van der Waals surface area contributed by atoms with Crippen molar-refractivity contribution in [2.24, 2.45) is 11.8 Å². The van der Waals surface area contributed by atoms with E-state index in [1.807, 2.05) is 0 Å². The largest absolute Gasteiger partial charge is 0.0925 e. The zero-order valence-electron chi connectivity index (χ0n) is 8.63. The van der Waals surface area contributed by atoms with Gasteiger partial charge in [-0.15, -0.1) is 0 Å². The highest BCUT2D eigenvalue weighted by Crippen LogP contribution is 2.21. The standard InChI is InChI=1S/C12H16Br2/c1-9(2)11(8-13)6-10-4-3-5-12(14)7-10/h3-5,7,9,11H,6,8H2,1-2H3. The molecular weight excluding hydrogens is 304 g/mol. The van der Waals surface area contributed by atoms with E-state index in [2.05, 4.69) is 70.0 Å². The zero-order chi connectivity index (χ0) is 10.6. The van der Waals surface area contributed by atoms with Crippen molar-refractivity contribution in [2.75, 3.05) is 5.33 Å². The summed E-state index contributed by atoms with van der Waals surface area (Å²) >= 11 is 7.08. The van der Waals surface area contributed by atoms with Crippen molar-refractivity contribution in [3.8, 4) is 0 Å². The minimum atomic E-state index is 0.726. The lowest BCUT2D eigenvalue weighted by Gasteiger charge is -2.18. The maximum Gasteiger partial charge on any atom is 0.0177 e. The van der Waals surface area contributed by atoms with Gasteiger partial charge in [-0.1, -0.05) is 57.8 Å². The Balaban J connectivity index is 2.67. The van der Waals surface area contributed by atoms with Crippen LogP contribution in [0.3, 0.4) is 0 Å². The smallest absolute Gasteiger partial charge is 0.0177 e. The maximum absolute atomic E-state index is 3.58. The first-order valence-electron chi connectivity index (χ1n) is 4.94. The van der Waals surface area contributed by atoms with E-state index >= 15 is 0 Å². The lowest BCUT2D eigenvalue weighted by atomic mass is 9.91. The van der Waals surface area contributed by atoms with Crippen molar-refractivity contribution in [3.63, 3.8) is 0 Å². The molecule has 1 atom stereocenters. The van der Waals surface area contributed by atoms with Crippen molar-refractivity contribution in [2.45, 2.75) is 20.3 Å². The van der Waals surface area contributed by atoms with E-state index in [1.165, 1.54) is 10.0 Å². The summed E-state index contributed by atoms with van der Waals surface area (Å²) in [6.45, 7) is 4.56. The van der Waals surface area contributed by atoms with E-state index in [4.69, 9.17) is 0 Å². The molecule has 2 heteroatoms. The van der Waals surface area contributed by atoms with Gasteiger partial charge in [0.25, 0.3) is 0 Å². The Bertz CT molecular complexity index is 281. The summed E-state index contributed by atoms with van der Waals surface area (Å²) in [7, 11) is 0. The highest BCUT2D eigenvalue weighted by molar-refractivity contribution is 9.10. The Morgan fingerprint density at radius 2 is 2.00 bits per heavy atom. The first kappa shape index (κ1) is 12.3.